The van der Waals surface area contributed by atoms with Crippen molar-refractivity contribution < 1.29 is 4.79 Å². The van der Waals surface area contributed by atoms with E-state index in [1.807, 2.05) is 30.3 Å². The summed E-state index contributed by atoms with van der Waals surface area (Å²) in [5, 5.41) is 14.2. The van der Waals surface area contributed by atoms with Crippen molar-refractivity contribution in [1.82, 2.24) is 30.5 Å². The van der Waals surface area contributed by atoms with Crippen LogP contribution in [0.15, 0.2) is 36.5 Å². The van der Waals surface area contributed by atoms with Gasteiger partial charge >= 0.3 is 0 Å². The number of aromatic nitrogens is 3. The molecule has 1 saturated heterocycles. The van der Waals surface area contributed by atoms with Crippen LogP contribution in [0.5, 0.6) is 0 Å². The lowest BCUT2D eigenvalue weighted by molar-refractivity contribution is 0.0942. The molecule has 2 heterocycles. The molecule has 0 saturated carbocycles. The minimum absolute atomic E-state index is 0.167. The summed E-state index contributed by atoms with van der Waals surface area (Å²) in [6, 6.07) is 9.98. The zero-order valence-corrected chi connectivity index (χ0v) is 13.1. The summed E-state index contributed by atoms with van der Waals surface area (Å²) >= 11 is 0. The molecule has 1 fully saturated rings. The van der Waals surface area contributed by atoms with Gasteiger partial charge in [0.25, 0.3) is 5.91 Å². The molecule has 0 radical (unpaired) electrons. The predicted octanol–water partition coefficient (Wildman–Crippen LogP) is -0.0386. The van der Waals surface area contributed by atoms with E-state index in [1.165, 1.54) is 0 Å². The maximum absolute atomic E-state index is 12.1. The Morgan fingerprint density at radius 3 is 2.78 bits per heavy atom. The van der Waals surface area contributed by atoms with E-state index in [0.717, 1.165) is 38.3 Å². The zero-order chi connectivity index (χ0) is 15.9. The van der Waals surface area contributed by atoms with E-state index in [0.29, 0.717) is 18.8 Å². The van der Waals surface area contributed by atoms with Gasteiger partial charge in [-0.25, -0.2) is 4.68 Å². The molecule has 2 N–H and O–H groups in total. The van der Waals surface area contributed by atoms with Crippen molar-refractivity contribution in [2.75, 3.05) is 39.3 Å². The molecule has 0 unspecified atom stereocenters. The first-order chi connectivity index (χ1) is 11.3. The van der Waals surface area contributed by atoms with E-state index in [-0.39, 0.29) is 5.91 Å². The van der Waals surface area contributed by atoms with Gasteiger partial charge in [0.1, 0.15) is 0 Å². The molecule has 7 nitrogen and oxygen atoms in total. The second kappa shape index (κ2) is 7.85. The first-order valence-electron chi connectivity index (χ1n) is 7.96. The standard InChI is InChI=1S/C16H22N6O/c23-16(18-8-11-21-9-6-17-7-10-21)15-13-22(20-19-15)12-14-4-2-1-3-5-14/h1-5,13,17H,6-12H2,(H,18,23). The highest BCUT2D eigenvalue weighted by atomic mass is 16.2. The monoisotopic (exact) mass is 314 g/mol. The Morgan fingerprint density at radius 2 is 2.00 bits per heavy atom. The quantitative estimate of drug-likeness (QED) is 0.783. The van der Waals surface area contributed by atoms with E-state index in [1.54, 1.807) is 10.9 Å². The van der Waals surface area contributed by atoms with Crippen LogP contribution in [-0.2, 0) is 6.54 Å². The normalized spacial score (nSPS) is 15.5. The van der Waals surface area contributed by atoms with Gasteiger partial charge in [0.15, 0.2) is 5.69 Å². The van der Waals surface area contributed by atoms with E-state index < -0.39 is 0 Å². The average Bonchev–Trinajstić information content (AvgIpc) is 3.05. The number of piperazine rings is 1. The van der Waals surface area contributed by atoms with Gasteiger partial charge in [-0.2, -0.15) is 0 Å². The van der Waals surface area contributed by atoms with Crippen LogP contribution in [-0.4, -0.2) is 65.1 Å². The van der Waals surface area contributed by atoms with Gasteiger partial charge in [0.05, 0.1) is 12.7 Å². The van der Waals surface area contributed by atoms with Crippen molar-refractivity contribution in [1.29, 1.82) is 0 Å². The average molecular weight is 314 g/mol. The Hall–Kier alpha value is -2.25. The third-order valence-electron chi connectivity index (χ3n) is 3.88. The molecule has 7 heteroatoms. The number of nitrogens with zero attached hydrogens (tertiary/aromatic N) is 4. The first-order valence-corrected chi connectivity index (χ1v) is 7.96. The van der Waals surface area contributed by atoms with Crippen molar-refractivity contribution in [2.45, 2.75) is 6.54 Å². The van der Waals surface area contributed by atoms with E-state index in [9.17, 15) is 4.79 Å². The van der Waals surface area contributed by atoms with Crippen LogP contribution in [0.25, 0.3) is 0 Å². The topological polar surface area (TPSA) is 75.1 Å². The molecule has 0 bridgehead atoms. The van der Waals surface area contributed by atoms with Crippen molar-refractivity contribution in [3.63, 3.8) is 0 Å². The Morgan fingerprint density at radius 1 is 1.22 bits per heavy atom. The molecular weight excluding hydrogens is 292 g/mol. The highest BCUT2D eigenvalue weighted by Crippen LogP contribution is 2.02. The second-order valence-corrected chi connectivity index (χ2v) is 5.63. The SMILES string of the molecule is O=C(NCCN1CCNCC1)c1cn(Cc2ccccc2)nn1. The van der Waals surface area contributed by atoms with Crippen molar-refractivity contribution in [3.8, 4) is 0 Å². The van der Waals surface area contributed by atoms with E-state index in [2.05, 4.69) is 25.8 Å². The number of rotatable bonds is 6. The Balaban J connectivity index is 1.46. The second-order valence-electron chi connectivity index (χ2n) is 5.63. The van der Waals surface area contributed by atoms with Crippen LogP contribution >= 0.6 is 0 Å². The van der Waals surface area contributed by atoms with Crippen LogP contribution in [0.3, 0.4) is 0 Å². The summed E-state index contributed by atoms with van der Waals surface area (Å²) in [4.78, 5) is 14.4. The van der Waals surface area contributed by atoms with Gasteiger partial charge in [-0.3, -0.25) is 9.69 Å². The number of carbonyl (C=O) groups excluding carboxylic acids is 1. The lowest BCUT2D eigenvalue weighted by Gasteiger charge is -2.26. The van der Waals surface area contributed by atoms with Gasteiger partial charge in [-0.05, 0) is 5.56 Å². The largest absolute Gasteiger partial charge is 0.349 e. The molecule has 23 heavy (non-hydrogen) atoms. The maximum atomic E-state index is 12.1. The van der Waals surface area contributed by atoms with E-state index >= 15 is 0 Å². The number of hydrogen-bond donors (Lipinski definition) is 2. The molecule has 1 amide bonds. The minimum Gasteiger partial charge on any atom is -0.349 e. The van der Waals surface area contributed by atoms with Crippen LogP contribution in [0.2, 0.25) is 0 Å². The number of carbonyl (C=O) groups is 1. The summed E-state index contributed by atoms with van der Waals surface area (Å²) in [6.07, 6.45) is 1.69. The van der Waals surface area contributed by atoms with E-state index in [4.69, 9.17) is 0 Å². The van der Waals surface area contributed by atoms with Gasteiger partial charge in [-0.1, -0.05) is 35.5 Å². The van der Waals surface area contributed by atoms with Crippen molar-refractivity contribution >= 4 is 5.91 Å². The van der Waals surface area contributed by atoms with Crippen molar-refractivity contribution in [3.05, 3.63) is 47.8 Å². The lowest BCUT2D eigenvalue weighted by Crippen LogP contribution is -2.46. The number of benzene rings is 1. The molecule has 1 aromatic carbocycles. The minimum atomic E-state index is -0.167. The first kappa shape index (κ1) is 15.6. The van der Waals surface area contributed by atoms with Crippen LogP contribution in [0, 0.1) is 0 Å². The van der Waals surface area contributed by atoms with Gasteiger partial charge in [-0.15, -0.1) is 5.10 Å². The van der Waals surface area contributed by atoms with Crippen LogP contribution in [0.4, 0.5) is 0 Å². The molecule has 0 aliphatic carbocycles. The highest BCUT2D eigenvalue weighted by Gasteiger charge is 2.12. The molecule has 1 aliphatic heterocycles. The summed E-state index contributed by atoms with van der Waals surface area (Å²) < 4.78 is 1.68. The summed E-state index contributed by atoms with van der Waals surface area (Å²) in [5.74, 6) is -0.167. The fourth-order valence-electron chi connectivity index (χ4n) is 2.60. The van der Waals surface area contributed by atoms with Crippen molar-refractivity contribution in [2.24, 2.45) is 0 Å². The Kier molecular flexibility index (Phi) is 5.33. The molecule has 1 aromatic heterocycles. The predicted molar refractivity (Wildman–Crippen MR) is 87.2 cm³/mol. The molecule has 1 aliphatic rings. The Bertz CT molecular complexity index is 621. The van der Waals surface area contributed by atoms with Crippen LogP contribution in [0.1, 0.15) is 16.1 Å². The van der Waals surface area contributed by atoms with Gasteiger partial charge in [0.2, 0.25) is 0 Å². The highest BCUT2D eigenvalue weighted by molar-refractivity contribution is 5.91. The van der Waals surface area contributed by atoms with Gasteiger partial charge in [0, 0.05) is 39.3 Å². The number of hydrogen-bond acceptors (Lipinski definition) is 5. The molecule has 3 rings (SSSR count). The Labute approximate surface area is 135 Å². The smallest absolute Gasteiger partial charge is 0.273 e. The summed E-state index contributed by atoms with van der Waals surface area (Å²) in [5.41, 5.74) is 1.49. The maximum Gasteiger partial charge on any atom is 0.273 e. The summed E-state index contributed by atoms with van der Waals surface area (Å²) in [6.45, 7) is 6.20. The molecule has 122 valence electrons. The fraction of sp³-hybridized carbons (Fsp3) is 0.438. The molecule has 0 spiro atoms. The molecule has 2 aromatic rings. The summed E-state index contributed by atoms with van der Waals surface area (Å²) in [7, 11) is 0. The zero-order valence-electron chi connectivity index (χ0n) is 13.1. The molecular formula is C16H22N6O. The number of amides is 1. The lowest BCUT2D eigenvalue weighted by atomic mass is 10.2. The molecule has 0 atom stereocenters. The fourth-order valence-corrected chi connectivity index (χ4v) is 2.60. The van der Waals surface area contributed by atoms with Crippen LogP contribution < -0.4 is 10.6 Å². The third-order valence-corrected chi connectivity index (χ3v) is 3.88. The number of nitrogens with one attached hydrogen (secondary N) is 2. The van der Waals surface area contributed by atoms with Gasteiger partial charge < -0.3 is 10.6 Å². The third kappa shape index (κ3) is 4.61.